The zero-order valence-electron chi connectivity index (χ0n) is 33.0. The molecule has 4 aromatic rings. The summed E-state index contributed by atoms with van der Waals surface area (Å²) in [6, 6.07) is 21.3. The topological polar surface area (TPSA) is 136 Å². The highest BCUT2D eigenvalue weighted by Crippen LogP contribution is 2.37. The van der Waals surface area contributed by atoms with E-state index in [-0.39, 0.29) is 52.5 Å². The molecule has 3 aromatic carbocycles. The SMILES string of the molecule is CCCN(C1CCC(C(=O)OC)CC1)S(=O)(=O)c1cccc(C(=O)Cc2sc3c(c2C(=O)Nc2ccc(CCCc4ccc(C(=O)OC)cc4)cc2)CCCC3)c1. The number of ether oxygens (including phenoxy) is 2. The van der Waals surface area contributed by atoms with E-state index in [9.17, 15) is 27.6 Å². The number of esters is 2. The third-order valence-electron chi connectivity index (χ3n) is 11.2. The van der Waals surface area contributed by atoms with Crippen LogP contribution in [0, 0.1) is 5.92 Å². The Morgan fingerprint density at radius 2 is 1.49 bits per heavy atom. The third-order valence-corrected chi connectivity index (χ3v) is 14.4. The number of amides is 1. The summed E-state index contributed by atoms with van der Waals surface area (Å²) >= 11 is 1.52. The predicted molar refractivity (Wildman–Crippen MR) is 222 cm³/mol. The first-order chi connectivity index (χ1) is 27.5. The monoisotopic (exact) mass is 812 g/mol. The maximum atomic E-state index is 14.1. The fourth-order valence-corrected chi connectivity index (χ4v) is 11.3. The van der Waals surface area contributed by atoms with E-state index < -0.39 is 10.0 Å². The van der Waals surface area contributed by atoms with E-state index >= 15 is 0 Å². The number of nitrogens with one attached hydrogen (secondary N) is 1. The van der Waals surface area contributed by atoms with Crippen LogP contribution in [-0.4, -0.2) is 63.2 Å². The van der Waals surface area contributed by atoms with E-state index in [0.717, 1.165) is 66.5 Å². The van der Waals surface area contributed by atoms with Crippen LogP contribution in [0.25, 0.3) is 0 Å². The van der Waals surface area contributed by atoms with Crippen LogP contribution in [0.3, 0.4) is 0 Å². The molecule has 0 saturated heterocycles. The molecule has 1 saturated carbocycles. The van der Waals surface area contributed by atoms with Crippen LogP contribution in [0.2, 0.25) is 0 Å². The van der Waals surface area contributed by atoms with Gasteiger partial charge in [-0.15, -0.1) is 11.3 Å². The molecule has 1 aromatic heterocycles. The molecule has 2 aliphatic rings. The first-order valence-electron chi connectivity index (χ1n) is 20.0. The number of anilines is 1. The van der Waals surface area contributed by atoms with Gasteiger partial charge in [0.05, 0.1) is 36.2 Å². The molecule has 1 N–H and O–H groups in total. The fraction of sp³-hybridized carbons (Fsp3) is 0.422. The smallest absolute Gasteiger partial charge is 0.337 e. The Kier molecular flexibility index (Phi) is 14.1. The molecule has 0 atom stereocenters. The largest absolute Gasteiger partial charge is 0.469 e. The molecule has 0 aliphatic heterocycles. The summed E-state index contributed by atoms with van der Waals surface area (Å²) in [6.07, 6.45) is 9.15. The van der Waals surface area contributed by atoms with Crippen LogP contribution in [0.4, 0.5) is 5.69 Å². The molecular weight excluding hydrogens is 761 g/mol. The van der Waals surface area contributed by atoms with Crippen molar-refractivity contribution in [2.24, 2.45) is 5.92 Å². The molecule has 0 radical (unpaired) electrons. The number of nitrogens with zero attached hydrogens (tertiary/aromatic N) is 1. The van der Waals surface area contributed by atoms with Crippen LogP contribution in [0.5, 0.6) is 0 Å². The first kappa shape index (κ1) is 42.0. The Balaban J connectivity index is 1.12. The van der Waals surface area contributed by atoms with Crippen molar-refractivity contribution in [2.75, 3.05) is 26.1 Å². The molecule has 57 heavy (non-hydrogen) atoms. The van der Waals surface area contributed by atoms with Crippen molar-refractivity contribution in [2.45, 2.75) is 101 Å². The van der Waals surface area contributed by atoms with E-state index in [1.54, 1.807) is 28.6 Å². The van der Waals surface area contributed by atoms with E-state index in [1.807, 2.05) is 43.3 Å². The van der Waals surface area contributed by atoms with Crippen molar-refractivity contribution in [3.63, 3.8) is 0 Å². The molecule has 0 bridgehead atoms. The van der Waals surface area contributed by atoms with E-state index in [4.69, 9.17) is 9.47 Å². The van der Waals surface area contributed by atoms with Crippen LogP contribution in [-0.2, 0) is 56.4 Å². The number of carbonyl (C=O) groups excluding carboxylic acids is 4. The second kappa shape index (κ2) is 19.2. The number of sulfonamides is 1. The average molecular weight is 813 g/mol. The van der Waals surface area contributed by atoms with Crippen molar-refractivity contribution < 1.29 is 37.1 Å². The number of carbonyl (C=O) groups is 4. The lowest BCUT2D eigenvalue weighted by Crippen LogP contribution is -2.43. The number of methoxy groups -OCH3 is 2. The van der Waals surface area contributed by atoms with E-state index in [2.05, 4.69) is 5.32 Å². The summed E-state index contributed by atoms with van der Waals surface area (Å²) in [7, 11) is -1.18. The van der Waals surface area contributed by atoms with Crippen molar-refractivity contribution in [3.05, 3.63) is 116 Å². The Morgan fingerprint density at radius 1 is 0.825 bits per heavy atom. The van der Waals surface area contributed by atoms with Crippen molar-refractivity contribution in [1.29, 1.82) is 0 Å². The predicted octanol–water partition coefficient (Wildman–Crippen LogP) is 8.40. The summed E-state index contributed by atoms with van der Waals surface area (Å²) in [4.78, 5) is 53.6. The van der Waals surface area contributed by atoms with Crippen molar-refractivity contribution in [3.8, 4) is 0 Å². The number of fused-ring (bicyclic) bond motifs is 1. The highest BCUT2D eigenvalue weighted by Gasteiger charge is 2.36. The van der Waals surface area contributed by atoms with Gasteiger partial charge in [0, 0.05) is 40.0 Å². The highest BCUT2D eigenvalue weighted by atomic mass is 32.2. The Labute approximate surface area is 340 Å². The van der Waals surface area contributed by atoms with Crippen LogP contribution >= 0.6 is 11.3 Å². The first-order valence-corrected chi connectivity index (χ1v) is 22.2. The molecule has 1 fully saturated rings. The second-order valence-corrected chi connectivity index (χ2v) is 18.1. The number of thiophene rings is 1. The van der Waals surface area contributed by atoms with Gasteiger partial charge >= 0.3 is 11.9 Å². The average Bonchev–Trinajstić information content (AvgIpc) is 3.61. The molecule has 10 nitrogen and oxygen atoms in total. The minimum absolute atomic E-state index is 0.00943. The normalized spacial score (nSPS) is 16.8. The van der Waals surface area contributed by atoms with Gasteiger partial charge in [-0.1, -0.05) is 43.3 Å². The number of benzene rings is 3. The van der Waals surface area contributed by atoms with E-state index in [1.165, 1.54) is 37.7 Å². The zero-order chi connectivity index (χ0) is 40.5. The van der Waals surface area contributed by atoms with Gasteiger partial charge in [0.15, 0.2) is 5.78 Å². The van der Waals surface area contributed by atoms with Gasteiger partial charge in [0.1, 0.15) is 0 Å². The number of hydrogen-bond donors (Lipinski definition) is 1. The lowest BCUT2D eigenvalue weighted by Gasteiger charge is -2.35. The second-order valence-electron chi connectivity index (χ2n) is 15.0. The number of aryl methyl sites for hydroxylation is 3. The Hall–Kier alpha value is -4.65. The fourth-order valence-electron chi connectivity index (χ4n) is 8.08. The maximum Gasteiger partial charge on any atom is 0.337 e. The summed E-state index contributed by atoms with van der Waals surface area (Å²) < 4.78 is 39.4. The van der Waals surface area contributed by atoms with E-state index in [0.29, 0.717) is 60.3 Å². The molecule has 1 heterocycles. The zero-order valence-corrected chi connectivity index (χ0v) is 34.6. The lowest BCUT2D eigenvalue weighted by molar-refractivity contribution is -0.146. The van der Waals surface area contributed by atoms with Gasteiger partial charge in [0.25, 0.3) is 5.91 Å². The maximum absolute atomic E-state index is 14.1. The van der Waals surface area contributed by atoms with Crippen molar-refractivity contribution in [1.82, 2.24) is 4.31 Å². The van der Waals surface area contributed by atoms with Crippen LogP contribution < -0.4 is 5.32 Å². The number of hydrogen-bond acceptors (Lipinski definition) is 9. The molecule has 12 heteroatoms. The van der Waals surface area contributed by atoms with Gasteiger partial charge in [-0.05, 0) is 130 Å². The van der Waals surface area contributed by atoms with Gasteiger partial charge in [-0.3, -0.25) is 14.4 Å². The van der Waals surface area contributed by atoms with Crippen LogP contribution in [0.15, 0.2) is 77.7 Å². The summed E-state index contributed by atoms with van der Waals surface area (Å²) in [5.41, 5.74) is 5.34. The highest BCUT2D eigenvalue weighted by molar-refractivity contribution is 7.89. The van der Waals surface area contributed by atoms with Gasteiger partial charge in [-0.25, -0.2) is 13.2 Å². The van der Waals surface area contributed by atoms with Gasteiger partial charge in [-0.2, -0.15) is 4.31 Å². The molecular formula is C45H52N2O8S2. The van der Waals surface area contributed by atoms with Crippen molar-refractivity contribution >= 4 is 50.7 Å². The lowest BCUT2D eigenvalue weighted by atomic mass is 9.86. The number of Topliss-reactive ketones (excluding diaryl/α,β-unsaturated/α-hetero) is 1. The molecule has 1 amide bonds. The molecule has 302 valence electrons. The summed E-state index contributed by atoms with van der Waals surface area (Å²) in [5, 5.41) is 3.08. The standard InChI is InChI=1S/C45H52N2O8S2/c1-4-27-47(36-25-21-33(22-26-36)45(51)55-3)57(52,53)37-12-8-11-34(28-37)39(48)29-41-42(38-13-5-6-14-40(38)56-41)43(49)46-35-23-17-31(18-24-35)10-7-9-30-15-19-32(20-16-30)44(50)54-2/h8,11-12,15-20,23-24,28,33,36H,4-7,9-10,13-14,21-22,25-27,29H2,1-3H3,(H,46,49). The molecule has 0 unspecified atom stereocenters. The quantitative estimate of drug-likeness (QED) is 0.0881. The minimum atomic E-state index is -3.93. The van der Waals surface area contributed by atoms with Gasteiger partial charge in [0.2, 0.25) is 10.0 Å². The Morgan fingerprint density at radius 3 is 2.14 bits per heavy atom. The number of ketones is 1. The third kappa shape index (κ3) is 10.1. The Bertz CT molecular complexity index is 2170. The van der Waals surface area contributed by atoms with Gasteiger partial charge < -0.3 is 14.8 Å². The minimum Gasteiger partial charge on any atom is -0.469 e. The summed E-state index contributed by atoms with van der Waals surface area (Å²) in [5.74, 6) is -1.31. The molecule has 6 rings (SSSR count). The molecule has 0 spiro atoms. The summed E-state index contributed by atoms with van der Waals surface area (Å²) in [6.45, 7) is 2.28. The van der Waals surface area contributed by atoms with Crippen LogP contribution in [0.1, 0.15) is 116 Å². The number of rotatable bonds is 16. The molecule has 2 aliphatic carbocycles.